The molecule has 0 aliphatic rings. The Balaban J connectivity index is 2.14. The summed E-state index contributed by atoms with van der Waals surface area (Å²) in [5.41, 5.74) is 3.21. The molecule has 0 atom stereocenters. The lowest BCUT2D eigenvalue weighted by Gasteiger charge is -2.17. The van der Waals surface area contributed by atoms with Crippen molar-refractivity contribution in [1.29, 1.82) is 0 Å². The minimum absolute atomic E-state index is 0.0826. The van der Waals surface area contributed by atoms with Crippen molar-refractivity contribution >= 4 is 5.91 Å². The molecule has 1 amide bonds. The Kier molecular flexibility index (Phi) is 3.51. The van der Waals surface area contributed by atoms with E-state index >= 15 is 0 Å². The van der Waals surface area contributed by atoms with Gasteiger partial charge in [0.05, 0.1) is 6.26 Å². The maximum Gasteiger partial charge on any atom is 0.289 e. The van der Waals surface area contributed by atoms with Crippen molar-refractivity contribution in [1.82, 2.24) is 4.90 Å². The van der Waals surface area contributed by atoms with Crippen LogP contribution in [0.1, 0.15) is 27.2 Å². The lowest BCUT2D eigenvalue weighted by atomic mass is 10.1. The van der Waals surface area contributed by atoms with Crippen LogP contribution in [0.4, 0.5) is 0 Å². The minimum atomic E-state index is -0.0826. The molecule has 2 rings (SSSR count). The first-order valence-corrected chi connectivity index (χ1v) is 5.93. The van der Waals surface area contributed by atoms with Crippen LogP contribution in [0.3, 0.4) is 0 Å². The van der Waals surface area contributed by atoms with Crippen LogP contribution < -0.4 is 0 Å². The van der Waals surface area contributed by atoms with Crippen molar-refractivity contribution in [2.24, 2.45) is 0 Å². The topological polar surface area (TPSA) is 33.5 Å². The quantitative estimate of drug-likeness (QED) is 0.829. The maximum absolute atomic E-state index is 12.2. The van der Waals surface area contributed by atoms with E-state index < -0.39 is 0 Å². The zero-order valence-electron chi connectivity index (χ0n) is 10.9. The molecule has 3 heteroatoms. The third-order valence-electron chi connectivity index (χ3n) is 3.07. The third-order valence-corrected chi connectivity index (χ3v) is 3.07. The Morgan fingerprint density at radius 1 is 1.17 bits per heavy atom. The Morgan fingerprint density at radius 3 is 2.50 bits per heavy atom. The van der Waals surface area contributed by atoms with Crippen molar-refractivity contribution in [2.75, 3.05) is 7.05 Å². The first-order valence-electron chi connectivity index (χ1n) is 5.93. The molecule has 0 N–H and O–H groups in total. The van der Waals surface area contributed by atoms with Crippen LogP contribution in [0, 0.1) is 13.8 Å². The fraction of sp³-hybridized carbons (Fsp3) is 0.267. The van der Waals surface area contributed by atoms with Crippen molar-refractivity contribution in [3.05, 3.63) is 59.0 Å². The number of hydrogen-bond acceptors (Lipinski definition) is 2. The molecule has 0 spiro atoms. The van der Waals surface area contributed by atoms with Gasteiger partial charge in [-0.15, -0.1) is 0 Å². The summed E-state index contributed by atoms with van der Waals surface area (Å²) in [7, 11) is 1.79. The van der Waals surface area contributed by atoms with E-state index in [4.69, 9.17) is 4.42 Å². The van der Waals surface area contributed by atoms with Crippen LogP contribution >= 0.6 is 0 Å². The van der Waals surface area contributed by atoms with Gasteiger partial charge in [-0.3, -0.25) is 4.79 Å². The number of aryl methyl sites for hydroxylation is 2. The van der Waals surface area contributed by atoms with Crippen LogP contribution in [0.25, 0.3) is 0 Å². The molecule has 0 aliphatic carbocycles. The van der Waals surface area contributed by atoms with Gasteiger partial charge < -0.3 is 9.32 Å². The van der Waals surface area contributed by atoms with Gasteiger partial charge in [-0.05, 0) is 31.0 Å². The first kappa shape index (κ1) is 12.4. The molecule has 0 radical (unpaired) electrons. The molecule has 0 unspecified atom stereocenters. The molecule has 0 aliphatic heterocycles. The van der Waals surface area contributed by atoms with Gasteiger partial charge in [0.25, 0.3) is 5.91 Å². The number of carbonyl (C=O) groups is 1. The lowest BCUT2D eigenvalue weighted by molar-refractivity contribution is 0.0752. The zero-order valence-corrected chi connectivity index (χ0v) is 10.9. The summed E-state index contributed by atoms with van der Waals surface area (Å²) in [5, 5.41) is 0. The Hall–Kier alpha value is -2.03. The summed E-state index contributed by atoms with van der Waals surface area (Å²) in [6.45, 7) is 4.51. The fourth-order valence-electron chi connectivity index (χ4n) is 1.88. The molecular formula is C15H17NO2. The van der Waals surface area contributed by atoms with E-state index in [1.54, 1.807) is 24.3 Å². The van der Waals surface area contributed by atoms with E-state index in [9.17, 15) is 4.79 Å². The van der Waals surface area contributed by atoms with Crippen LogP contribution in [0.5, 0.6) is 0 Å². The highest BCUT2D eigenvalue weighted by Gasteiger charge is 2.17. The van der Waals surface area contributed by atoms with Crippen LogP contribution in [0.15, 0.2) is 41.0 Å². The van der Waals surface area contributed by atoms with Gasteiger partial charge in [0.1, 0.15) is 0 Å². The third kappa shape index (κ3) is 2.45. The minimum Gasteiger partial charge on any atom is -0.459 e. The Morgan fingerprint density at radius 2 is 1.89 bits per heavy atom. The van der Waals surface area contributed by atoms with Crippen molar-refractivity contribution in [3.8, 4) is 0 Å². The predicted molar refractivity (Wildman–Crippen MR) is 70.4 cm³/mol. The molecule has 0 saturated heterocycles. The van der Waals surface area contributed by atoms with Crippen LogP contribution in [-0.4, -0.2) is 17.9 Å². The molecule has 0 bridgehead atoms. The van der Waals surface area contributed by atoms with Gasteiger partial charge in [0.2, 0.25) is 0 Å². The molecule has 94 valence electrons. The summed E-state index contributed by atoms with van der Waals surface area (Å²) in [5.74, 6) is 0.340. The molecule has 1 aromatic heterocycles. The Bertz CT molecular complexity index is 557. The normalized spacial score (nSPS) is 10.4. The second-order valence-electron chi connectivity index (χ2n) is 4.52. The van der Waals surface area contributed by atoms with E-state index in [-0.39, 0.29) is 5.91 Å². The van der Waals surface area contributed by atoms with Gasteiger partial charge >= 0.3 is 0 Å². The highest BCUT2D eigenvalue weighted by atomic mass is 16.3. The fourth-order valence-corrected chi connectivity index (χ4v) is 1.88. The van der Waals surface area contributed by atoms with E-state index in [2.05, 4.69) is 0 Å². The maximum atomic E-state index is 12.2. The van der Waals surface area contributed by atoms with E-state index in [0.717, 1.165) is 11.1 Å². The summed E-state index contributed by atoms with van der Waals surface area (Å²) >= 11 is 0. The van der Waals surface area contributed by atoms with Crippen LogP contribution in [-0.2, 0) is 6.54 Å². The SMILES string of the molecule is Cc1ccccc1CN(C)C(=O)c1occc1C. The van der Waals surface area contributed by atoms with E-state index in [1.807, 2.05) is 38.1 Å². The monoisotopic (exact) mass is 243 g/mol. The van der Waals surface area contributed by atoms with Gasteiger partial charge in [-0.1, -0.05) is 24.3 Å². The molecule has 18 heavy (non-hydrogen) atoms. The van der Waals surface area contributed by atoms with Crippen molar-refractivity contribution in [2.45, 2.75) is 20.4 Å². The highest BCUT2D eigenvalue weighted by molar-refractivity contribution is 5.92. The van der Waals surface area contributed by atoms with Crippen molar-refractivity contribution < 1.29 is 9.21 Å². The molecule has 0 fully saturated rings. The number of furan rings is 1. The molecule has 1 aromatic carbocycles. The summed E-state index contributed by atoms with van der Waals surface area (Å²) in [6, 6.07) is 9.87. The van der Waals surface area contributed by atoms with E-state index in [1.165, 1.54) is 5.56 Å². The average molecular weight is 243 g/mol. The number of benzene rings is 1. The first-order chi connectivity index (χ1) is 8.59. The van der Waals surface area contributed by atoms with Crippen molar-refractivity contribution in [3.63, 3.8) is 0 Å². The summed E-state index contributed by atoms with van der Waals surface area (Å²) in [4.78, 5) is 13.8. The number of hydrogen-bond donors (Lipinski definition) is 0. The number of nitrogens with zero attached hydrogens (tertiary/aromatic N) is 1. The van der Waals surface area contributed by atoms with Gasteiger partial charge in [0, 0.05) is 19.2 Å². The molecule has 3 nitrogen and oxygen atoms in total. The van der Waals surface area contributed by atoms with Gasteiger partial charge in [-0.2, -0.15) is 0 Å². The summed E-state index contributed by atoms with van der Waals surface area (Å²) < 4.78 is 5.22. The Labute approximate surface area is 107 Å². The molecule has 0 saturated carbocycles. The largest absolute Gasteiger partial charge is 0.459 e. The second kappa shape index (κ2) is 5.08. The van der Waals surface area contributed by atoms with Gasteiger partial charge in [0.15, 0.2) is 5.76 Å². The molecule has 1 heterocycles. The second-order valence-corrected chi connectivity index (χ2v) is 4.52. The highest BCUT2D eigenvalue weighted by Crippen LogP contribution is 2.14. The smallest absolute Gasteiger partial charge is 0.289 e. The number of rotatable bonds is 3. The van der Waals surface area contributed by atoms with E-state index in [0.29, 0.717) is 12.3 Å². The average Bonchev–Trinajstić information content (AvgIpc) is 2.77. The van der Waals surface area contributed by atoms with Crippen LogP contribution in [0.2, 0.25) is 0 Å². The molecular weight excluding hydrogens is 226 g/mol. The summed E-state index contributed by atoms with van der Waals surface area (Å²) in [6.07, 6.45) is 1.55. The standard InChI is InChI=1S/C15H17NO2/c1-11-6-4-5-7-13(11)10-16(3)15(17)14-12(2)8-9-18-14/h4-9H,10H2,1-3H3. The lowest BCUT2D eigenvalue weighted by Crippen LogP contribution is -2.26. The molecule has 2 aromatic rings. The predicted octanol–water partition coefficient (Wildman–Crippen LogP) is 3.17. The zero-order chi connectivity index (χ0) is 13.1. The van der Waals surface area contributed by atoms with Gasteiger partial charge in [-0.25, -0.2) is 0 Å². The number of carbonyl (C=O) groups excluding carboxylic acids is 1. The number of amides is 1.